The van der Waals surface area contributed by atoms with E-state index in [4.69, 9.17) is 4.42 Å². The van der Waals surface area contributed by atoms with E-state index in [1.54, 1.807) is 36.4 Å². The van der Waals surface area contributed by atoms with E-state index in [9.17, 15) is 14.7 Å². The Morgan fingerprint density at radius 1 is 1.19 bits per heavy atom. The number of benzene rings is 2. The molecule has 0 aliphatic rings. The summed E-state index contributed by atoms with van der Waals surface area (Å²) in [7, 11) is 0. The second kappa shape index (κ2) is 7.70. The molecule has 0 aliphatic heterocycles. The molecule has 0 radical (unpaired) electrons. The van der Waals surface area contributed by atoms with Crippen LogP contribution in [0, 0.1) is 6.92 Å². The molecule has 0 aliphatic carbocycles. The van der Waals surface area contributed by atoms with Gasteiger partial charge in [0.15, 0.2) is 5.43 Å². The molecule has 0 bridgehead atoms. The summed E-state index contributed by atoms with van der Waals surface area (Å²) in [5, 5.41) is 12.5. The summed E-state index contributed by atoms with van der Waals surface area (Å²) in [6.07, 6.45) is 4.80. The molecule has 5 nitrogen and oxygen atoms in total. The number of aryl methyl sites for hydroxylation is 1. The average molecular weight is 349 g/mol. The Balaban J connectivity index is 1.63. The Morgan fingerprint density at radius 2 is 1.96 bits per heavy atom. The van der Waals surface area contributed by atoms with Crippen molar-refractivity contribution in [1.29, 1.82) is 0 Å². The molecule has 3 aromatic rings. The highest BCUT2D eigenvalue weighted by molar-refractivity contribution is 5.92. The molecule has 5 heteroatoms. The number of rotatable bonds is 5. The minimum atomic E-state index is -0.285. The summed E-state index contributed by atoms with van der Waals surface area (Å²) in [6, 6.07) is 12.2. The highest BCUT2D eigenvalue weighted by Crippen LogP contribution is 2.14. The van der Waals surface area contributed by atoms with E-state index in [0.717, 1.165) is 11.1 Å². The van der Waals surface area contributed by atoms with Gasteiger partial charge in [0.2, 0.25) is 5.91 Å². The summed E-state index contributed by atoms with van der Waals surface area (Å²) in [5.74, 6) is -0.0716. The van der Waals surface area contributed by atoms with Gasteiger partial charge < -0.3 is 14.8 Å². The van der Waals surface area contributed by atoms with Crippen molar-refractivity contribution in [3.8, 4) is 5.75 Å². The van der Waals surface area contributed by atoms with E-state index in [1.165, 1.54) is 18.4 Å². The van der Waals surface area contributed by atoms with E-state index >= 15 is 0 Å². The number of hydrogen-bond acceptors (Lipinski definition) is 4. The van der Waals surface area contributed by atoms with Crippen LogP contribution in [0.25, 0.3) is 17.0 Å². The molecule has 1 amide bonds. The molecule has 26 heavy (non-hydrogen) atoms. The van der Waals surface area contributed by atoms with Gasteiger partial charge >= 0.3 is 0 Å². The smallest absolute Gasteiger partial charge is 0.244 e. The fourth-order valence-corrected chi connectivity index (χ4v) is 2.59. The van der Waals surface area contributed by atoms with Crippen molar-refractivity contribution in [2.75, 3.05) is 6.54 Å². The number of nitrogens with one attached hydrogen (secondary N) is 1. The molecule has 2 aromatic carbocycles. The van der Waals surface area contributed by atoms with Gasteiger partial charge in [-0.05, 0) is 49.2 Å². The van der Waals surface area contributed by atoms with E-state index in [1.807, 2.05) is 13.0 Å². The van der Waals surface area contributed by atoms with Gasteiger partial charge in [-0.3, -0.25) is 9.59 Å². The van der Waals surface area contributed by atoms with Crippen molar-refractivity contribution in [2.45, 2.75) is 13.3 Å². The Labute approximate surface area is 150 Å². The molecule has 0 atom stereocenters. The number of phenolic OH excluding ortho intramolecular Hbond substituents is 1. The van der Waals surface area contributed by atoms with Gasteiger partial charge in [-0.15, -0.1) is 0 Å². The highest BCUT2D eigenvalue weighted by Gasteiger charge is 2.05. The third kappa shape index (κ3) is 4.19. The Hall–Kier alpha value is -3.34. The van der Waals surface area contributed by atoms with Crippen LogP contribution < -0.4 is 10.7 Å². The van der Waals surface area contributed by atoms with E-state index in [2.05, 4.69) is 5.32 Å². The van der Waals surface area contributed by atoms with Gasteiger partial charge in [0, 0.05) is 12.6 Å². The first kappa shape index (κ1) is 17.5. The lowest BCUT2D eigenvalue weighted by Crippen LogP contribution is -2.23. The van der Waals surface area contributed by atoms with Crippen molar-refractivity contribution in [1.82, 2.24) is 5.32 Å². The first-order valence-corrected chi connectivity index (χ1v) is 8.29. The summed E-state index contributed by atoms with van der Waals surface area (Å²) in [4.78, 5) is 24.4. The van der Waals surface area contributed by atoms with Gasteiger partial charge in [0.05, 0.1) is 10.9 Å². The minimum Gasteiger partial charge on any atom is -0.508 e. The van der Waals surface area contributed by atoms with E-state index in [-0.39, 0.29) is 17.1 Å². The van der Waals surface area contributed by atoms with Crippen LogP contribution in [0.1, 0.15) is 16.7 Å². The van der Waals surface area contributed by atoms with Crippen LogP contribution in [0.4, 0.5) is 0 Å². The molecule has 0 spiro atoms. The van der Waals surface area contributed by atoms with E-state index in [0.29, 0.717) is 29.5 Å². The van der Waals surface area contributed by atoms with Crippen molar-refractivity contribution < 1.29 is 14.3 Å². The average Bonchev–Trinajstić information content (AvgIpc) is 2.63. The van der Waals surface area contributed by atoms with Crippen molar-refractivity contribution in [3.63, 3.8) is 0 Å². The number of hydrogen-bond donors (Lipinski definition) is 2. The predicted octanol–water partition coefficient (Wildman–Crippen LogP) is 3.18. The van der Waals surface area contributed by atoms with Gasteiger partial charge in [-0.25, -0.2) is 0 Å². The van der Waals surface area contributed by atoms with Gasteiger partial charge in [-0.2, -0.15) is 0 Å². The van der Waals surface area contributed by atoms with E-state index < -0.39 is 0 Å². The summed E-state index contributed by atoms with van der Waals surface area (Å²) < 4.78 is 5.46. The predicted molar refractivity (Wildman–Crippen MR) is 101 cm³/mol. The fraction of sp³-hybridized carbons (Fsp3) is 0.143. The monoisotopic (exact) mass is 349 g/mol. The van der Waals surface area contributed by atoms with Crippen LogP contribution in [-0.2, 0) is 11.2 Å². The van der Waals surface area contributed by atoms with Crippen molar-refractivity contribution in [2.24, 2.45) is 0 Å². The number of carbonyl (C=O) groups excluding carboxylic acids is 1. The maximum absolute atomic E-state index is 12.5. The van der Waals surface area contributed by atoms with Crippen molar-refractivity contribution >= 4 is 23.0 Å². The van der Waals surface area contributed by atoms with Crippen LogP contribution >= 0.6 is 0 Å². The molecule has 1 aromatic heterocycles. The standard InChI is InChI=1S/C21H19NO4/c1-14-2-8-19-18(12-14)21(25)16(13-26-19)5-9-20(24)22-11-10-15-3-6-17(23)7-4-15/h2-9,12-13,23H,10-11H2,1H3,(H,22,24)/b9-5+. The quantitative estimate of drug-likeness (QED) is 0.694. The first-order chi connectivity index (χ1) is 12.5. The molecular formula is C21H19NO4. The van der Waals surface area contributed by atoms with Gasteiger partial charge in [0.25, 0.3) is 0 Å². The summed E-state index contributed by atoms with van der Waals surface area (Å²) in [5.41, 5.74) is 2.67. The molecular weight excluding hydrogens is 330 g/mol. The summed E-state index contributed by atoms with van der Waals surface area (Å²) in [6.45, 7) is 2.36. The van der Waals surface area contributed by atoms with Crippen LogP contribution in [0.3, 0.4) is 0 Å². The number of fused-ring (bicyclic) bond motifs is 1. The normalized spacial score (nSPS) is 11.1. The van der Waals surface area contributed by atoms with Crippen LogP contribution in [-0.4, -0.2) is 17.6 Å². The number of aromatic hydroxyl groups is 1. The minimum absolute atomic E-state index is 0.164. The number of amides is 1. The molecule has 3 rings (SSSR count). The zero-order valence-electron chi connectivity index (χ0n) is 14.4. The summed E-state index contributed by atoms with van der Waals surface area (Å²) >= 11 is 0. The molecule has 0 fully saturated rings. The SMILES string of the molecule is Cc1ccc2occ(/C=C/C(=O)NCCc3ccc(O)cc3)c(=O)c2c1. The molecule has 0 saturated carbocycles. The van der Waals surface area contributed by atoms with Crippen molar-refractivity contribution in [3.05, 3.63) is 81.7 Å². The highest BCUT2D eigenvalue weighted by atomic mass is 16.3. The lowest BCUT2D eigenvalue weighted by atomic mass is 10.1. The van der Waals surface area contributed by atoms with Crippen LogP contribution in [0.15, 0.2) is 64.0 Å². The Morgan fingerprint density at radius 3 is 2.73 bits per heavy atom. The molecule has 0 unspecified atom stereocenters. The number of carbonyl (C=O) groups is 1. The Kier molecular flexibility index (Phi) is 5.17. The Bertz CT molecular complexity index is 1020. The lowest BCUT2D eigenvalue weighted by molar-refractivity contribution is -0.116. The fourth-order valence-electron chi connectivity index (χ4n) is 2.59. The largest absolute Gasteiger partial charge is 0.508 e. The zero-order valence-corrected chi connectivity index (χ0v) is 14.4. The first-order valence-electron chi connectivity index (χ1n) is 8.29. The molecule has 0 saturated heterocycles. The van der Waals surface area contributed by atoms with Gasteiger partial charge in [0.1, 0.15) is 17.6 Å². The zero-order chi connectivity index (χ0) is 18.5. The third-order valence-corrected chi connectivity index (χ3v) is 4.02. The molecule has 132 valence electrons. The molecule has 2 N–H and O–H groups in total. The lowest BCUT2D eigenvalue weighted by Gasteiger charge is -2.03. The second-order valence-corrected chi connectivity index (χ2v) is 6.06. The molecule has 1 heterocycles. The van der Waals surface area contributed by atoms with Crippen LogP contribution in [0.5, 0.6) is 5.75 Å². The second-order valence-electron chi connectivity index (χ2n) is 6.06. The maximum Gasteiger partial charge on any atom is 0.244 e. The third-order valence-electron chi connectivity index (χ3n) is 4.02. The van der Waals surface area contributed by atoms with Crippen LogP contribution in [0.2, 0.25) is 0 Å². The number of phenols is 1. The topological polar surface area (TPSA) is 79.5 Å². The maximum atomic E-state index is 12.5. The van der Waals surface area contributed by atoms with Gasteiger partial charge in [-0.1, -0.05) is 23.8 Å².